The number of anilines is 2. The SMILES string of the molecule is O=C1CCCc2cc(NO)ccc2N1. The Kier molecular flexibility index (Phi) is 2.37. The molecular formula is C10H12N2O2. The number of carbonyl (C=O) groups excluding carboxylic acids is 1. The van der Waals surface area contributed by atoms with E-state index in [0.29, 0.717) is 12.1 Å². The van der Waals surface area contributed by atoms with Crippen molar-refractivity contribution in [1.29, 1.82) is 0 Å². The molecule has 0 atom stereocenters. The smallest absolute Gasteiger partial charge is 0.224 e. The number of rotatable bonds is 1. The molecule has 0 aromatic heterocycles. The molecule has 4 heteroatoms. The number of hydrogen-bond donors (Lipinski definition) is 3. The first kappa shape index (κ1) is 9.02. The van der Waals surface area contributed by atoms with Crippen molar-refractivity contribution in [3.8, 4) is 0 Å². The second-order valence-electron chi connectivity index (χ2n) is 3.39. The maximum Gasteiger partial charge on any atom is 0.224 e. The third-order valence-electron chi connectivity index (χ3n) is 2.36. The normalized spacial score (nSPS) is 15.4. The number of nitrogens with one attached hydrogen (secondary N) is 2. The zero-order valence-corrected chi connectivity index (χ0v) is 7.71. The van der Waals surface area contributed by atoms with Crippen LogP contribution in [0.1, 0.15) is 18.4 Å². The lowest BCUT2D eigenvalue weighted by atomic mass is 10.1. The monoisotopic (exact) mass is 192 g/mol. The van der Waals surface area contributed by atoms with Crippen molar-refractivity contribution < 1.29 is 10.0 Å². The van der Waals surface area contributed by atoms with Crippen LogP contribution in [-0.4, -0.2) is 11.1 Å². The van der Waals surface area contributed by atoms with Gasteiger partial charge in [-0.15, -0.1) is 0 Å². The largest absolute Gasteiger partial charge is 0.326 e. The average Bonchev–Trinajstić information content (AvgIpc) is 2.37. The molecule has 0 aliphatic carbocycles. The summed E-state index contributed by atoms with van der Waals surface area (Å²) in [5.41, 5.74) is 4.67. The van der Waals surface area contributed by atoms with Crippen molar-refractivity contribution in [1.82, 2.24) is 0 Å². The van der Waals surface area contributed by atoms with E-state index in [1.165, 1.54) is 0 Å². The summed E-state index contributed by atoms with van der Waals surface area (Å²) in [6.45, 7) is 0. The Morgan fingerprint density at radius 2 is 2.21 bits per heavy atom. The Balaban J connectivity index is 2.35. The molecule has 0 saturated heterocycles. The van der Waals surface area contributed by atoms with E-state index in [2.05, 4.69) is 10.8 Å². The summed E-state index contributed by atoms with van der Waals surface area (Å²) in [5, 5.41) is 11.5. The van der Waals surface area contributed by atoms with Gasteiger partial charge >= 0.3 is 0 Å². The van der Waals surface area contributed by atoms with Crippen LogP contribution in [0.5, 0.6) is 0 Å². The molecule has 0 saturated carbocycles. The number of benzene rings is 1. The molecule has 0 radical (unpaired) electrons. The highest BCUT2D eigenvalue weighted by atomic mass is 16.5. The van der Waals surface area contributed by atoms with Crippen molar-refractivity contribution in [2.75, 3.05) is 10.8 Å². The number of amides is 1. The molecule has 0 bridgehead atoms. The standard InChI is InChI=1S/C10H12N2O2/c13-10-3-1-2-7-6-8(12-14)4-5-9(7)11-10/h4-6,12,14H,1-3H2,(H,11,13). The topological polar surface area (TPSA) is 61.4 Å². The Hall–Kier alpha value is -1.55. The van der Waals surface area contributed by atoms with Gasteiger partial charge in [-0.25, -0.2) is 0 Å². The maximum absolute atomic E-state index is 11.2. The summed E-state index contributed by atoms with van der Waals surface area (Å²) < 4.78 is 0. The van der Waals surface area contributed by atoms with Crippen LogP contribution in [0.2, 0.25) is 0 Å². The predicted octanol–water partition coefficient (Wildman–Crippen LogP) is 1.76. The highest BCUT2D eigenvalue weighted by molar-refractivity contribution is 5.92. The molecule has 1 aliphatic heterocycles. The lowest BCUT2D eigenvalue weighted by Gasteiger charge is -2.07. The number of carbonyl (C=O) groups is 1. The first-order valence-corrected chi connectivity index (χ1v) is 4.62. The first-order chi connectivity index (χ1) is 6.79. The second kappa shape index (κ2) is 3.67. The third-order valence-corrected chi connectivity index (χ3v) is 2.36. The van der Waals surface area contributed by atoms with Gasteiger partial charge in [0.15, 0.2) is 0 Å². The summed E-state index contributed by atoms with van der Waals surface area (Å²) >= 11 is 0. The van der Waals surface area contributed by atoms with Crippen LogP contribution in [-0.2, 0) is 11.2 Å². The summed E-state index contributed by atoms with van der Waals surface area (Å²) in [4.78, 5) is 11.2. The van der Waals surface area contributed by atoms with Crippen LogP contribution < -0.4 is 10.8 Å². The van der Waals surface area contributed by atoms with Crippen LogP contribution in [0.3, 0.4) is 0 Å². The predicted molar refractivity (Wildman–Crippen MR) is 53.4 cm³/mol. The number of aryl methyl sites for hydroxylation is 1. The van der Waals surface area contributed by atoms with Crippen molar-refractivity contribution in [2.24, 2.45) is 0 Å². The van der Waals surface area contributed by atoms with E-state index in [4.69, 9.17) is 5.21 Å². The molecule has 4 nitrogen and oxygen atoms in total. The Bertz CT molecular complexity index is 363. The summed E-state index contributed by atoms with van der Waals surface area (Å²) in [7, 11) is 0. The average molecular weight is 192 g/mol. The minimum atomic E-state index is 0.0634. The molecule has 1 heterocycles. The van der Waals surface area contributed by atoms with Gasteiger partial charge in [-0.1, -0.05) is 0 Å². The van der Waals surface area contributed by atoms with Gasteiger partial charge in [-0.3, -0.25) is 15.5 Å². The van der Waals surface area contributed by atoms with E-state index in [1.54, 1.807) is 12.1 Å². The molecule has 1 aromatic carbocycles. The van der Waals surface area contributed by atoms with Gasteiger partial charge in [-0.05, 0) is 36.6 Å². The molecule has 14 heavy (non-hydrogen) atoms. The third kappa shape index (κ3) is 1.70. The molecule has 0 fully saturated rings. The Morgan fingerprint density at radius 1 is 1.36 bits per heavy atom. The quantitative estimate of drug-likeness (QED) is 0.594. The molecule has 0 spiro atoms. The van der Waals surface area contributed by atoms with Gasteiger partial charge in [0, 0.05) is 12.1 Å². The van der Waals surface area contributed by atoms with Crippen LogP contribution in [0, 0.1) is 0 Å². The van der Waals surface area contributed by atoms with E-state index >= 15 is 0 Å². The van der Waals surface area contributed by atoms with E-state index in [1.807, 2.05) is 6.07 Å². The van der Waals surface area contributed by atoms with E-state index in [9.17, 15) is 4.79 Å². The van der Waals surface area contributed by atoms with Crippen LogP contribution in [0.15, 0.2) is 18.2 Å². The van der Waals surface area contributed by atoms with Gasteiger partial charge < -0.3 is 5.32 Å². The van der Waals surface area contributed by atoms with Gasteiger partial charge in [0.05, 0.1) is 5.69 Å². The molecule has 1 aromatic rings. The molecule has 3 N–H and O–H groups in total. The fourth-order valence-electron chi connectivity index (χ4n) is 1.64. The van der Waals surface area contributed by atoms with Crippen LogP contribution in [0.4, 0.5) is 11.4 Å². The molecule has 2 rings (SSSR count). The van der Waals surface area contributed by atoms with Crippen molar-refractivity contribution in [3.05, 3.63) is 23.8 Å². The highest BCUT2D eigenvalue weighted by Gasteiger charge is 2.12. The maximum atomic E-state index is 11.2. The molecule has 74 valence electrons. The number of hydrogen-bond acceptors (Lipinski definition) is 3. The van der Waals surface area contributed by atoms with Gasteiger partial charge in [0.1, 0.15) is 0 Å². The van der Waals surface area contributed by atoms with E-state index in [0.717, 1.165) is 24.1 Å². The van der Waals surface area contributed by atoms with Gasteiger partial charge in [-0.2, -0.15) is 0 Å². The second-order valence-corrected chi connectivity index (χ2v) is 3.39. The Morgan fingerprint density at radius 3 is 3.00 bits per heavy atom. The van der Waals surface area contributed by atoms with E-state index in [-0.39, 0.29) is 5.91 Å². The van der Waals surface area contributed by atoms with Crippen LogP contribution >= 0.6 is 0 Å². The molecule has 1 aliphatic rings. The van der Waals surface area contributed by atoms with Crippen molar-refractivity contribution >= 4 is 17.3 Å². The van der Waals surface area contributed by atoms with Gasteiger partial charge in [0.2, 0.25) is 5.91 Å². The lowest BCUT2D eigenvalue weighted by molar-refractivity contribution is -0.116. The minimum absolute atomic E-state index is 0.0634. The molecule has 0 unspecified atom stereocenters. The minimum Gasteiger partial charge on any atom is -0.326 e. The van der Waals surface area contributed by atoms with Gasteiger partial charge in [0.25, 0.3) is 0 Å². The van der Waals surface area contributed by atoms with E-state index < -0.39 is 0 Å². The molecular weight excluding hydrogens is 180 g/mol. The first-order valence-electron chi connectivity index (χ1n) is 4.62. The molecule has 1 amide bonds. The summed E-state index contributed by atoms with van der Waals surface area (Å²) in [5.74, 6) is 0.0634. The Labute approximate surface area is 81.9 Å². The zero-order valence-electron chi connectivity index (χ0n) is 7.71. The zero-order chi connectivity index (χ0) is 9.97. The summed E-state index contributed by atoms with van der Waals surface area (Å²) in [6, 6.07) is 5.38. The lowest BCUT2D eigenvalue weighted by Crippen LogP contribution is -2.09. The van der Waals surface area contributed by atoms with Crippen molar-refractivity contribution in [3.63, 3.8) is 0 Å². The fraction of sp³-hybridized carbons (Fsp3) is 0.300. The highest BCUT2D eigenvalue weighted by Crippen LogP contribution is 2.24. The fourth-order valence-corrected chi connectivity index (χ4v) is 1.64. The van der Waals surface area contributed by atoms with Crippen molar-refractivity contribution in [2.45, 2.75) is 19.3 Å². The van der Waals surface area contributed by atoms with Crippen LogP contribution in [0.25, 0.3) is 0 Å². The number of fused-ring (bicyclic) bond motifs is 1. The summed E-state index contributed by atoms with van der Waals surface area (Å²) in [6.07, 6.45) is 2.29.